The molecule has 38 heavy (non-hydrogen) atoms. The third-order valence-corrected chi connectivity index (χ3v) is 7.78. The number of likely N-dealkylation sites (tertiary alicyclic amines) is 1. The highest BCUT2D eigenvalue weighted by atomic mass is 16.2. The molecule has 1 atom stereocenters. The van der Waals surface area contributed by atoms with Crippen LogP contribution in [0.3, 0.4) is 0 Å². The number of rotatable bonds is 5. The Morgan fingerprint density at radius 1 is 0.974 bits per heavy atom. The number of hydrogen-bond acceptors (Lipinski definition) is 7. The normalized spacial score (nSPS) is 20.9. The second-order valence-electron chi connectivity index (χ2n) is 10.4. The number of carbonyl (C=O) groups is 5. The van der Waals surface area contributed by atoms with Crippen molar-refractivity contribution < 1.29 is 24.0 Å². The van der Waals surface area contributed by atoms with E-state index in [4.69, 9.17) is 0 Å². The molecule has 0 aliphatic carbocycles. The van der Waals surface area contributed by atoms with Gasteiger partial charge in [0.2, 0.25) is 17.7 Å². The summed E-state index contributed by atoms with van der Waals surface area (Å²) >= 11 is 0. The van der Waals surface area contributed by atoms with Crippen molar-refractivity contribution >= 4 is 41.0 Å². The zero-order valence-electron chi connectivity index (χ0n) is 21.4. The molecule has 2 saturated heterocycles. The molecule has 11 heteroatoms. The lowest BCUT2D eigenvalue weighted by molar-refractivity contribution is -0.144. The summed E-state index contributed by atoms with van der Waals surface area (Å²) in [7, 11) is 0. The van der Waals surface area contributed by atoms with Gasteiger partial charge in [-0.05, 0) is 35.7 Å². The largest absolute Gasteiger partial charge is 0.361 e. The molecule has 198 valence electrons. The monoisotopic (exact) mass is 518 g/mol. The molecule has 11 nitrogen and oxygen atoms in total. The van der Waals surface area contributed by atoms with E-state index in [-0.39, 0.29) is 30.6 Å². The summed E-state index contributed by atoms with van der Waals surface area (Å²) < 4.78 is 0. The number of anilines is 2. The molecule has 1 unspecified atom stereocenters. The van der Waals surface area contributed by atoms with E-state index in [1.54, 1.807) is 12.1 Å². The summed E-state index contributed by atoms with van der Waals surface area (Å²) in [5.41, 5.74) is 1.24. The highest BCUT2D eigenvalue weighted by molar-refractivity contribution is 6.20. The lowest BCUT2D eigenvalue weighted by Crippen LogP contribution is -2.69. The molecular formula is C27H30N6O5. The number of nitrogens with zero attached hydrogens (tertiary/aromatic N) is 1. The molecule has 2 aromatic rings. The number of fused-ring (bicyclic) bond motifs is 1. The van der Waals surface area contributed by atoms with Crippen LogP contribution in [-0.4, -0.2) is 59.4 Å². The van der Waals surface area contributed by atoms with Gasteiger partial charge in [0.1, 0.15) is 5.66 Å². The number of amides is 6. The summed E-state index contributed by atoms with van der Waals surface area (Å²) in [6.45, 7) is 5.32. The standard InChI is InChI=1S/C27H30N6O5/c1-15(2)27(31-19-6-4-5-7-20(19)32-27)12-17-8-10-18(11-9-17)22(35)28-21-13-33(16(3)34)14-26(21)23(36)29-25(38)30-24(26)37/h4-11,15,21,31-32H,12-14H2,1-3H3,(H,28,35)(H2,29,30,36,37,38). The molecule has 0 saturated carbocycles. The Hall–Kier alpha value is -4.41. The quantitative estimate of drug-likeness (QED) is 0.376. The van der Waals surface area contributed by atoms with E-state index >= 15 is 0 Å². The molecule has 0 radical (unpaired) electrons. The number of barbiturate groups is 1. The van der Waals surface area contributed by atoms with E-state index in [1.807, 2.05) is 36.4 Å². The van der Waals surface area contributed by atoms with E-state index < -0.39 is 35.2 Å². The smallest absolute Gasteiger partial charge is 0.328 e. The van der Waals surface area contributed by atoms with Gasteiger partial charge in [-0.1, -0.05) is 38.1 Å². The Bertz CT molecular complexity index is 1290. The molecule has 3 aliphatic rings. The van der Waals surface area contributed by atoms with Crippen LogP contribution < -0.4 is 26.6 Å². The average Bonchev–Trinajstić information content (AvgIpc) is 3.43. The number of carbonyl (C=O) groups excluding carboxylic acids is 5. The van der Waals surface area contributed by atoms with Crippen molar-refractivity contribution in [3.8, 4) is 0 Å². The van der Waals surface area contributed by atoms with Crippen LogP contribution in [0.2, 0.25) is 0 Å². The average molecular weight is 519 g/mol. The van der Waals surface area contributed by atoms with Gasteiger partial charge < -0.3 is 20.9 Å². The van der Waals surface area contributed by atoms with Crippen LogP contribution in [0.4, 0.5) is 16.2 Å². The van der Waals surface area contributed by atoms with Crippen LogP contribution in [0.15, 0.2) is 48.5 Å². The second-order valence-corrected chi connectivity index (χ2v) is 10.4. The minimum absolute atomic E-state index is 0.0387. The Morgan fingerprint density at radius 3 is 2.08 bits per heavy atom. The number of hydrogen-bond donors (Lipinski definition) is 5. The fourth-order valence-electron chi connectivity index (χ4n) is 5.42. The first-order valence-corrected chi connectivity index (χ1v) is 12.5. The predicted molar refractivity (Wildman–Crippen MR) is 139 cm³/mol. The number of para-hydroxylation sites is 2. The third-order valence-electron chi connectivity index (χ3n) is 7.78. The van der Waals surface area contributed by atoms with Gasteiger partial charge in [-0.15, -0.1) is 0 Å². The van der Waals surface area contributed by atoms with Crippen molar-refractivity contribution in [2.24, 2.45) is 11.3 Å². The fraction of sp³-hybridized carbons (Fsp3) is 0.370. The van der Waals surface area contributed by atoms with Crippen molar-refractivity contribution in [3.63, 3.8) is 0 Å². The SMILES string of the molecule is CC(=O)N1CC(NC(=O)c2ccc(CC3(C(C)C)Nc4ccccc4N3)cc2)C2(C1)C(=O)NC(=O)NC2=O. The summed E-state index contributed by atoms with van der Waals surface area (Å²) in [6.07, 6.45) is 0.662. The van der Waals surface area contributed by atoms with Gasteiger partial charge >= 0.3 is 6.03 Å². The summed E-state index contributed by atoms with van der Waals surface area (Å²) in [5, 5.41) is 14.2. The van der Waals surface area contributed by atoms with Crippen molar-refractivity contribution in [1.82, 2.24) is 20.9 Å². The molecule has 1 spiro atoms. The van der Waals surface area contributed by atoms with Gasteiger partial charge in [-0.3, -0.25) is 29.8 Å². The minimum Gasteiger partial charge on any atom is -0.361 e. The Labute approximate surface area is 219 Å². The van der Waals surface area contributed by atoms with E-state index in [9.17, 15) is 24.0 Å². The number of benzene rings is 2. The highest BCUT2D eigenvalue weighted by Gasteiger charge is 2.61. The number of imide groups is 2. The Morgan fingerprint density at radius 2 is 1.55 bits per heavy atom. The van der Waals surface area contributed by atoms with Crippen LogP contribution in [0, 0.1) is 11.3 Å². The zero-order chi connectivity index (χ0) is 27.2. The van der Waals surface area contributed by atoms with Crippen LogP contribution in [0.5, 0.6) is 0 Å². The van der Waals surface area contributed by atoms with Gasteiger partial charge in [-0.25, -0.2) is 4.79 Å². The highest BCUT2D eigenvalue weighted by Crippen LogP contribution is 2.39. The third kappa shape index (κ3) is 4.13. The van der Waals surface area contributed by atoms with E-state index in [2.05, 4.69) is 40.4 Å². The van der Waals surface area contributed by atoms with Crippen molar-refractivity contribution in [1.29, 1.82) is 0 Å². The fourth-order valence-corrected chi connectivity index (χ4v) is 5.42. The summed E-state index contributed by atoms with van der Waals surface area (Å²) in [6, 6.07) is 13.2. The van der Waals surface area contributed by atoms with Crippen molar-refractivity contribution in [2.75, 3.05) is 23.7 Å². The van der Waals surface area contributed by atoms with Crippen LogP contribution >= 0.6 is 0 Å². The molecule has 3 heterocycles. The molecule has 5 rings (SSSR count). The molecule has 0 aromatic heterocycles. The maximum absolute atomic E-state index is 13.2. The molecule has 5 N–H and O–H groups in total. The van der Waals surface area contributed by atoms with Crippen LogP contribution in [0.1, 0.15) is 36.7 Å². The lowest BCUT2D eigenvalue weighted by atomic mass is 9.79. The molecule has 0 bridgehead atoms. The van der Waals surface area contributed by atoms with E-state index in [1.165, 1.54) is 11.8 Å². The van der Waals surface area contributed by atoms with Crippen LogP contribution in [0.25, 0.3) is 0 Å². The maximum atomic E-state index is 13.2. The summed E-state index contributed by atoms with van der Waals surface area (Å²) in [4.78, 5) is 63.8. The first-order valence-electron chi connectivity index (χ1n) is 12.5. The molecular weight excluding hydrogens is 488 g/mol. The Kier molecular flexibility index (Phi) is 6.09. The number of nitrogens with one attached hydrogen (secondary N) is 5. The molecule has 3 aliphatic heterocycles. The predicted octanol–water partition coefficient (Wildman–Crippen LogP) is 1.43. The first-order chi connectivity index (χ1) is 18.0. The van der Waals surface area contributed by atoms with Crippen LogP contribution in [-0.2, 0) is 20.8 Å². The first kappa shape index (κ1) is 25.2. The second kappa shape index (κ2) is 9.16. The topological polar surface area (TPSA) is 149 Å². The molecule has 2 aromatic carbocycles. The van der Waals surface area contributed by atoms with Crippen molar-refractivity contribution in [3.05, 3.63) is 59.7 Å². The summed E-state index contributed by atoms with van der Waals surface area (Å²) in [5.74, 6) is -2.27. The van der Waals surface area contributed by atoms with Gasteiger partial charge in [0.15, 0.2) is 5.41 Å². The van der Waals surface area contributed by atoms with E-state index in [0.29, 0.717) is 12.0 Å². The van der Waals surface area contributed by atoms with E-state index in [0.717, 1.165) is 16.9 Å². The Balaban J connectivity index is 1.33. The minimum atomic E-state index is -1.80. The van der Waals surface area contributed by atoms with Gasteiger partial charge in [-0.2, -0.15) is 0 Å². The maximum Gasteiger partial charge on any atom is 0.328 e. The lowest BCUT2D eigenvalue weighted by Gasteiger charge is -2.35. The molecule has 6 amide bonds. The van der Waals surface area contributed by atoms with Gasteiger partial charge in [0.25, 0.3) is 5.91 Å². The van der Waals surface area contributed by atoms with Crippen molar-refractivity contribution in [2.45, 2.75) is 38.9 Å². The van der Waals surface area contributed by atoms with Gasteiger partial charge in [0, 0.05) is 32.0 Å². The van der Waals surface area contributed by atoms with Gasteiger partial charge in [0.05, 0.1) is 17.4 Å². The molecule has 2 fully saturated rings. The zero-order valence-corrected chi connectivity index (χ0v) is 21.4. The number of urea groups is 1.